The monoisotopic (exact) mass is 1460 g/mol. The molecule has 2 unspecified atom stereocenters. The lowest BCUT2D eigenvalue weighted by Crippen LogP contribution is -2.30. The van der Waals surface area contributed by atoms with E-state index in [1.165, 1.54) is 199 Å². The molecule has 100 heavy (non-hydrogen) atoms. The van der Waals surface area contributed by atoms with Crippen molar-refractivity contribution in [2.24, 2.45) is 0 Å². The van der Waals surface area contributed by atoms with Crippen LogP contribution in [0.15, 0.2) is 24.3 Å². The molecule has 0 bridgehead atoms. The molecule has 0 aliphatic rings. The molecule has 17 nitrogen and oxygen atoms in total. The van der Waals surface area contributed by atoms with E-state index in [0.29, 0.717) is 25.7 Å². The fraction of sp³-hybridized carbons (Fsp3) is 0.901. The van der Waals surface area contributed by atoms with Gasteiger partial charge >= 0.3 is 39.5 Å². The van der Waals surface area contributed by atoms with Gasteiger partial charge in [-0.1, -0.05) is 335 Å². The summed E-state index contributed by atoms with van der Waals surface area (Å²) in [5, 5.41) is 10.6. The molecule has 0 fully saturated rings. The molecule has 0 aromatic rings. The zero-order chi connectivity index (χ0) is 73.2. The average molecular weight is 1460 g/mol. The molecule has 0 rings (SSSR count). The molecule has 0 aromatic carbocycles. The predicted molar refractivity (Wildman–Crippen MR) is 409 cm³/mol. The standard InChI is InChI=1S/C81H154O17P2/c1-5-9-13-17-21-25-29-33-37-41-45-49-53-57-61-65-78(83)91-71-76(97-80(85)67-63-59-55-51-47-43-39-35-31-27-23-19-15-11-7-3)73-95-99(87,88)93-69-75(82)70-94-100(89,90)96-74-77(98-81(86)68-64-60-56-52-48-44-40-36-32-28-24-20-16-12-8-4)72-92-79(84)66-62-58-54-50-46-42-38-34-30-26-22-18-14-10-6-2/h27,31,34,38,75-77,82H,5-26,28-30,32-33,35-37,39-74H2,1-4H3,(H,87,88)(H,89,90)/b31-27-,38-34-/t75-,76+,77+/m0/s1. The predicted octanol–water partition coefficient (Wildman–Crippen LogP) is 24.1. The van der Waals surface area contributed by atoms with Crippen molar-refractivity contribution in [3.05, 3.63) is 24.3 Å². The second kappa shape index (κ2) is 74.8. The number of phosphoric ester groups is 2. The Hall–Kier alpha value is -2.46. The number of aliphatic hydroxyl groups excluding tert-OH is 1. The third-order valence-corrected chi connectivity index (χ3v) is 20.3. The van der Waals surface area contributed by atoms with E-state index < -0.39 is 97.5 Å². The van der Waals surface area contributed by atoms with Gasteiger partial charge in [0.25, 0.3) is 0 Å². The van der Waals surface area contributed by atoms with E-state index >= 15 is 0 Å². The summed E-state index contributed by atoms with van der Waals surface area (Å²) in [7, 11) is -9.93. The smallest absolute Gasteiger partial charge is 0.462 e. The average Bonchev–Trinajstić information content (AvgIpc) is 1.25. The number of phosphoric acid groups is 2. The van der Waals surface area contributed by atoms with Crippen LogP contribution >= 0.6 is 15.6 Å². The van der Waals surface area contributed by atoms with Crippen molar-refractivity contribution >= 4 is 39.5 Å². The molecular weight excluding hydrogens is 1310 g/mol. The molecule has 0 saturated heterocycles. The van der Waals surface area contributed by atoms with Crippen molar-refractivity contribution in [1.29, 1.82) is 0 Å². The van der Waals surface area contributed by atoms with Gasteiger partial charge in [-0.2, -0.15) is 0 Å². The molecule has 3 N–H and O–H groups in total. The Balaban J connectivity index is 5.30. The summed E-state index contributed by atoms with van der Waals surface area (Å²) in [4.78, 5) is 73.1. The summed E-state index contributed by atoms with van der Waals surface area (Å²) in [5.41, 5.74) is 0. The highest BCUT2D eigenvalue weighted by Gasteiger charge is 2.30. The molecule has 0 heterocycles. The van der Waals surface area contributed by atoms with Crippen LogP contribution in [0.2, 0.25) is 0 Å². The molecule has 0 aromatic heterocycles. The number of rotatable bonds is 80. The van der Waals surface area contributed by atoms with Crippen LogP contribution in [-0.2, 0) is 65.4 Å². The maximum Gasteiger partial charge on any atom is 0.472 e. The maximum absolute atomic E-state index is 13.1. The number of hydrogen-bond acceptors (Lipinski definition) is 15. The minimum Gasteiger partial charge on any atom is -0.462 e. The lowest BCUT2D eigenvalue weighted by molar-refractivity contribution is -0.161. The number of ether oxygens (including phenoxy) is 4. The zero-order valence-corrected chi connectivity index (χ0v) is 66.5. The highest BCUT2D eigenvalue weighted by Crippen LogP contribution is 2.45. The van der Waals surface area contributed by atoms with Crippen molar-refractivity contribution in [1.82, 2.24) is 0 Å². The number of carbonyl (C=O) groups excluding carboxylic acids is 4. The second-order valence-corrected chi connectivity index (χ2v) is 31.3. The fourth-order valence-electron chi connectivity index (χ4n) is 12.0. The number of unbranched alkanes of at least 4 members (excludes halogenated alkanes) is 50. The second-order valence-electron chi connectivity index (χ2n) is 28.4. The summed E-state index contributed by atoms with van der Waals surface area (Å²) in [5.74, 6) is -2.13. The minimum atomic E-state index is -4.97. The van der Waals surface area contributed by atoms with E-state index in [-0.39, 0.29) is 25.7 Å². The van der Waals surface area contributed by atoms with Gasteiger partial charge in [0, 0.05) is 25.7 Å². The van der Waals surface area contributed by atoms with Crippen LogP contribution in [0.3, 0.4) is 0 Å². The molecule has 0 amide bonds. The molecular formula is C81H154O17P2. The highest BCUT2D eigenvalue weighted by molar-refractivity contribution is 7.47. The number of hydrogen-bond donors (Lipinski definition) is 3. The van der Waals surface area contributed by atoms with Gasteiger partial charge in [-0.15, -0.1) is 0 Å². The van der Waals surface area contributed by atoms with Crippen LogP contribution in [0.25, 0.3) is 0 Å². The van der Waals surface area contributed by atoms with Crippen molar-refractivity contribution in [2.45, 2.75) is 431 Å². The molecule has 0 radical (unpaired) electrons. The van der Waals surface area contributed by atoms with E-state index in [0.717, 1.165) is 135 Å². The first-order valence-electron chi connectivity index (χ1n) is 41.6. The first-order valence-corrected chi connectivity index (χ1v) is 44.6. The lowest BCUT2D eigenvalue weighted by atomic mass is 10.0. The lowest BCUT2D eigenvalue weighted by Gasteiger charge is -2.21. The Morgan fingerprint density at radius 3 is 0.700 bits per heavy atom. The highest BCUT2D eigenvalue weighted by atomic mass is 31.2. The SMILES string of the molecule is CCCCCC/C=C\CCCCCCCCCC(=O)O[C@H](COC(=O)CCCCCCCCCCCCCCCCC)COP(=O)(O)OC[C@H](O)COP(=O)(O)OC[C@@H](COC(=O)CCCCCCC/C=C\CCCCCCCC)OC(=O)CCCCCCCCCCCCCCCCC. The van der Waals surface area contributed by atoms with Crippen molar-refractivity contribution < 1.29 is 80.2 Å². The molecule has 0 spiro atoms. The Morgan fingerprint density at radius 2 is 0.460 bits per heavy atom. The Bertz CT molecular complexity index is 1990. The Morgan fingerprint density at radius 1 is 0.270 bits per heavy atom. The Kier molecular flexibility index (Phi) is 73.0. The van der Waals surface area contributed by atoms with Gasteiger partial charge in [-0.25, -0.2) is 9.13 Å². The molecule has 0 aliphatic heterocycles. The molecule has 19 heteroatoms. The van der Waals surface area contributed by atoms with E-state index in [1.54, 1.807) is 0 Å². The maximum atomic E-state index is 13.1. The molecule has 5 atom stereocenters. The quantitative estimate of drug-likeness (QED) is 0.0169. The van der Waals surface area contributed by atoms with Gasteiger partial charge in [0.2, 0.25) is 0 Å². The third kappa shape index (κ3) is 73.8. The molecule has 0 saturated carbocycles. The third-order valence-electron chi connectivity index (χ3n) is 18.4. The summed E-state index contributed by atoms with van der Waals surface area (Å²) in [6.45, 7) is 4.97. The minimum absolute atomic E-state index is 0.0989. The van der Waals surface area contributed by atoms with Crippen LogP contribution in [0, 0.1) is 0 Å². The first kappa shape index (κ1) is 97.5. The van der Waals surface area contributed by atoms with Crippen molar-refractivity contribution in [3.63, 3.8) is 0 Å². The van der Waals surface area contributed by atoms with E-state index in [9.17, 15) is 43.2 Å². The normalized spacial score (nSPS) is 13.9. The van der Waals surface area contributed by atoms with Crippen LogP contribution in [0.5, 0.6) is 0 Å². The van der Waals surface area contributed by atoms with E-state index in [2.05, 4.69) is 52.0 Å². The van der Waals surface area contributed by atoms with Gasteiger partial charge in [0.05, 0.1) is 26.4 Å². The largest absolute Gasteiger partial charge is 0.472 e. The van der Waals surface area contributed by atoms with Gasteiger partial charge < -0.3 is 33.8 Å². The van der Waals surface area contributed by atoms with Crippen LogP contribution < -0.4 is 0 Å². The Labute approximate surface area is 612 Å². The number of allylic oxidation sites excluding steroid dienone is 4. The van der Waals surface area contributed by atoms with Crippen LogP contribution in [0.4, 0.5) is 0 Å². The van der Waals surface area contributed by atoms with Crippen LogP contribution in [-0.4, -0.2) is 96.7 Å². The number of esters is 4. The van der Waals surface area contributed by atoms with E-state index in [4.69, 9.17) is 37.0 Å². The van der Waals surface area contributed by atoms with E-state index in [1.807, 2.05) is 0 Å². The molecule has 0 aliphatic carbocycles. The van der Waals surface area contributed by atoms with Gasteiger partial charge in [0.15, 0.2) is 12.2 Å². The van der Waals surface area contributed by atoms with Crippen molar-refractivity contribution in [2.75, 3.05) is 39.6 Å². The first-order chi connectivity index (χ1) is 48.7. The summed E-state index contributed by atoms with van der Waals surface area (Å²) >= 11 is 0. The molecule has 590 valence electrons. The summed E-state index contributed by atoms with van der Waals surface area (Å²) in [6.07, 6.45) is 69.9. The van der Waals surface area contributed by atoms with Gasteiger partial charge in [0.1, 0.15) is 19.3 Å². The topological polar surface area (TPSA) is 237 Å². The van der Waals surface area contributed by atoms with Gasteiger partial charge in [-0.3, -0.25) is 37.3 Å². The fourth-order valence-corrected chi connectivity index (χ4v) is 13.6. The van der Waals surface area contributed by atoms with Gasteiger partial charge in [-0.05, 0) is 77.0 Å². The zero-order valence-electron chi connectivity index (χ0n) is 64.7. The van der Waals surface area contributed by atoms with Crippen LogP contribution in [0.1, 0.15) is 413 Å². The summed E-state index contributed by atoms with van der Waals surface area (Å²) < 4.78 is 68.7. The number of carbonyl (C=O) groups is 4. The summed E-state index contributed by atoms with van der Waals surface area (Å²) in [6, 6.07) is 0. The van der Waals surface area contributed by atoms with Crippen molar-refractivity contribution in [3.8, 4) is 0 Å². The number of aliphatic hydroxyl groups is 1.